The number of hydrogen-bond acceptors (Lipinski definition) is 5. The number of hydrogen-bond donors (Lipinski definition) is 1. The van der Waals surface area contributed by atoms with Crippen LogP contribution in [0.3, 0.4) is 0 Å². The van der Waals surface area contributed by atoms with Crippen molar-refractivity contribution in [3.05, 3.63) is 40.2 Å². The molecule has 1 aromatic carbocycles. The second-order valence-corrected chi connectivity index (χ2v) is 6.73. The quantitative estimate of drug-likeness (QED) is 0.779. The Hall–Kier alpha value is -3.04. The Morgan fingerprint density at radius 3 is 2.59 bits per heavy atom. The summed E-state index contributed by atoms with van der Waals surface area (Å²) in [5, 5.41) is 2.39. The summed E-state index contributed by atoms with van der Waals surface area (Å²) < 4.78 is 47.1. The molecule has 0 atom stereocenters. The fourth-order valence-electron chi connectivity index (χ4n) is 3.27. The largest absolute Gasteiger partial charge is 0.493 e. The molecule has 1 aliphatic rings. The number of carbonyl (C=O) groups is 2. The highest BCUT2D eigenvalue weighted by Gasteiger charge is 2.32. The maximum Gasteiger partial charge on any atom is 0.405 e. The van der Waals surface area contributed by atoms with Crippen LogP contribution in [0.1, 0.15) is 23.2 Å². The molecule has 10 heteroatoms. The molecule has 7 nitrogen and oxygen atoms in total. The molecule has 0 saturated carbocycles. The normalized spacial score (nSPS) is 15.4. The zero-order valence-electron chi connectivity index (χ0n) is 15.5. The number of para-hydroxylation sites is 1. The van der Waals surface area contributed by atoms with Gasteiger partial charge >= 0.3 is 11.8 Å². The summed E-state index contributed by atoms with van der Waals surface area (Å²) in [6, 6.07) is 6.42. The van der Waals surface area contributed by atoms with Gasteiger partial charge in [-0.05, 0) is 25.0 Å². The first-order valence-electron chi connectivity index (χ1n) is 8.94. The van der Waals surface area contributed by atoms with Crippen molar-refractivity contribution in [3.63, 3.8) is 0 Å². The first-order valence-corrected chi connectivity index (χ1v) is 8.94. The summed E-state index contributed by atoms with van der Waals surface area (Å²) in [6.45, 7) is -1.08. The number of methoxy groups -OCH3 is 1. The fraction of sp³-hybridized carbons (Fsp3) is 0.421. The van der Waals surface area contributed by atoms with Crippen molar-refractivity contribution in [1.29, 1.82) is 0 Å². The summed E-state index contributed by atoms with van der Waals surface area (Å²) in [7, 11) is 1.43. The van der Waals surface area contributed by atoms with Crippen molar-refractivity contribution in [2.75, 3.05) is 26.7 Å². The van der Waals surface area contributed by atoms with E-state index in [1.54, 1.807) is 18.2 Å². The minimum absolute atomic E-state index is 0.147. The Morgan fingerprint density at radius 1 is 1.28 bits per heavy atom. The molecule has 0 radical (unpaired) electrons. The average molecular weight is 412 g/mol. The van der Waals surface area contributed by atoms with Crippen molar-refractivity contribution in [3.8, 4) is 5.75 Å². The molecule has 29 heavy (non-hydrogen) atoms. The zero-order chi connectivity index (χ0) is 21.2. The lowest BCUT2D eigenvalue weighted by Gasteiger charge is -2.31. The lowest BCUT2D eigenvalue weighted by molar-refractivity contribution is -0.141. The molecule has 2 aromatic rings. The van der Waals surface area contributed by atoms with Gasteiger partial charge < -0.3 is 19.4 Å². The van der Waals surface area contributed by atoms with Gasteiger partial charge in [0.15, 0.2) is 11.3 Å². The Balaban J connectivity index is 1.69. The molecule has 2 amide bonds. The molecule has 156 valence electrons. The molecule has 0 aliphatic carbocycles. The predicted octanol–water partition coefficient (Wildman–Crippen LogP) is 2.33. The van der Waals surface area contributed by atoms with Gasteiger partial charge in [-0.25, -0.2) is 4.79 Å². The van der Waals surface area contributed by atoms with Gasteiger partial charge in [-0.2, -0.15) is 13.2 Å². The average Bonchev–Trinajstić information content (AvgIpc) is 2.70. The van der Waals surface area contributed by atoms with Crippen LogP contribution in [-0.4, -0.2) is 49.6 Å². The number of piperidine rings is 1. The van der Waals surface area contributed by atoms with Crippen LogP contribution < -0.4 is 15.7 Å². The number of likely N-dealkylation sites (tertiary alicyclic amines) is 1. The molecule has 0 unspecified atom stereocenters. The Labute approximate surface area is 163 Å². The number of nitrogens with zero attached hydrogens (tertiary/aromatic N) is 1. The third-order valence-corrected chi connectivity index (χ3v) is 4.79. The van der Waals surface area contributed by atoms with Crippen LogP contribution >= 0.6 is 0 Å². The van der Waals surface area contributed by atoms with Crippen molar-refractivity contribution >= 4 is 22.8 Å². The van der Waals surface area contributed by atoms with Crippen molar-refractivity contribution < 1.29 is 31.9 Å². The highest BCUT2D eigenvalue weighted by Crippen LogP contribution is 2.25. The Bertz CT molecular complexity index is 978. The number of alkyl halides is 3. The van der Waals surface area contributed by atoms with Crippen molar-refractivity contribution in [2.45, 2.75) is 19.0 Å². The number of rotatable bonds is 4. The number of benzene rings is 1. The number of ether oxygens (including phenoxy) is 1. The van der Waals surface area contributed by atoms with E-state index in [9.17, 15) is 27.6 Å². The number of nitrogens with one attached hydrogen (secondary N) is 1. The number of fused-ring (bicyclic) bond motifs is 1. The molecule has 1 aliphatic heterocycles. The third kappa shape index (κ3) is 4.69. The van der Waals surface area contributed by atoms with Gasteiger partial charge in [0.05, 0.1) is 7.11 Å². The highest BCUT2D eigenvalue weighted by atomic mass is 19.4. The highest BCUT2D eigenvalue weighted by molar-refractivity contribution is 5.97. The molecule has 3 rings (SSSR count). The SMILES string of the molecule is COc1cccc2cc(C(=O)N3CCC(C(=O)NCC(F)(F)F)CC3)c(=O)oc12. The third-order valence-electron chi connectivity index (χ3n) is 4.79. The van der Waals surface area contributed by atoms with E-state index in [4.69, 9.17) is 9.15 Å². The summed E-state index contributed by atoms with van der Waals surface area (Å²) in [5.41, 5.74) is -0.723. The molecule has 1 N–H and O–H groups in total. The van der Waals surface area contributed by atoms with E-state index in [1.165, 1.54) is 18.1 Å². The van der Waals surface area contributed by atoms with Gasteiger partial charge in [0.1, 0.15) is 12.1 Å². The number of halogens is 3. The van der Waals surface area contributed by atoms with Crippen LogP contribution in [-0.2, 0) is 4.79 Å². The van der Waals surface area contributed by atoms with E-state index < -0.39 is 36.1 Å². The van der Waals surface area contributed by atoms with Crippen LogP contribution in [0, 0.1) is 5.92 Å². The summed E-state index contributed by atoms with van der Waals surface area (Å²) in [5.74, 6) is -1.48. The Kier molecular flexibility index (Phi) is 5.81. The van der Waals surface area contributed by atoms with Gasteiger partial charge in [-0.1, -0.05) is 12.1 Å². The molecule has 1 saturated heterocycles. The van der Waals surface area contributed by atoms with Crippen LogP contribution in [0.15, 0.2) is 33.5 Å². The first-order chi connectivity index (χ1) is 13.7. The monoisotopic (exact) mass is 412 g/mol. The number of amides is 2. The summed E-state index contributed by atoms with van der Waals surface area (Å²) >= 11 is 0. The van der Waals surface area contributed by atoms with Crippen LogP contribution in [0.4, 0.5) is 13.2 Å². The van der Waals surface area contributed by atoms with E-state index in [0.29, 0.717) is 11.1 Å². The Morgan fingerprint density at radius 2 is 1.97 bits per heavy atom. The maximum atomic E-state index is 12.7. The second kappa shape index (κ2) is 8.14. The van der Waals surface area contributed by atoms with Gasteiger partial charge in [-0.15, -0.1) is 0 Å². The van der Waals surface area contributed by atoms with Gasteiger partial charge in [0.2, 0.25) is 5.91 Å². The second-order valence-electron chi connectivity index (χ2n) is 6.73. The van der Waals surface area contributed by atoms with Crippen molar-refractivity contribution in [1.82, 2.24) is 10.2 Å². The van der Waals surface area contributed by atoms with E-state index in [0.717, 1.165) is 0 Å². The molecule has 1 fully saturated rings. The minimum Gasteiger partial charge on any atom is -0.493 e. The zero-order valence-corrected chi connectivity index (χ0v) is 15.5. The van der Waals surface area contributed by atoms with E-state index in [2.05, 4.69) is 0 Å². The molecule has 1 aromatic heterocycles. The predicted molar refractivity (Wildman–Crippen MR) is 96.7 cm³/mol. The van der Waals surface area contributed by atoms with E-state index in [1.807, 2.05) is 5.32 Å². The van der Waals surface area contributed by atoms with Gasteiger partial charge in [0.25, 0.3) is 5.91 Å². The minimum atomic E-state index is -4.47. The van der Waals surface area contributed by atoms with Gasteiger partial charge in [0, 0.05) is 24.4 Å². The smallest absolute Gasteiger partial charge is 0.405 e. The lowest BCUT2D eigenvalue weighted by atomic mass is 9.95. The molecule has 2 heterocycles. The first kappa shape index (κ1) is 20.7. The standard InChI is InChI=1S/C19H19F3N2O5/c1-28-14-4-2-3-12-9-13(18(27)29-15(12)14)17(26)24-7-5-11(6-8-24)16(25)23-10-19(20,21)22/h2-4,9,11H,5-8,10H2,1H3,(H,23,25). The molecule has 0 bridgehead atoms. The summed E-state index contributed by atoms with van der Waals surface area (Å²) in [6.07, 6.45) is -4.05. The maximum absolute atomic E-state index is 12.7. The number of carbonyl (C=O) groups excluding carboxylic acids is 2. The van der Waals surface area contributed by atoms with Crippen molar-refractivity contribution in [2.24, 2.45) is 5.92 Å². The van der Waals surface area contributed by atoms with Crippen LogP contribution in [0.5, 0.6) is 5.75 Å². The molecular weight excluding hydrogens is 393 g/mol. The fourth-order valence-corrected chi connectivity index (χ4v) is 3.27. The molecule has 0 spiro atoms. The van der Waals surface area contributed by atoms with Crippen LogP contribution in [0.2, 0.25) is 0 Å². The van der Waals surface area contributed by atoms with E-state index in [-0.39, 0.29) is 37.1 Å². The van der Waals surface area contributed by atoms with Gasteiger partial charge in [-0.3, -0.25) is 9.59 Å². The molecular formula is C19H19F3N2O5. The van der Waals surface area contributed by atoms with Crippen LogP contribution in [0.25, 0.3) is 11.0 Å². The lowest BCUT2D eigenvalue weighted by Crippen LogP contribution is -2.45. The summed E-state index contributed by atoms with van der Waals surface area (Å²) in [4.78, 5) is 38.3. The van der Waals surface area contributed by atoms with E-state index >= 15 is 0 Å². The topological polar surface area (TPSA) is 88.9 Å².